The molecule has 8 heteroatoms. The molecule has 0 saturated carbocycles. The summed E-state index contributed by atoms with van der Waals surface area (Å²) in [5.41, 5.74) is 5.16. The van der Waals surface area contributed by atoms with Crippen LogP contribution in [-0.4, -0.2) is 38.8 Å². The van der Waals surface area contributed by atoms with Gasteiger partial charge in [0.15, 0.2) is 0 Å². The summed E-state index contributed by atoms with van der Waals surface area (Å²) >= 11 is 0. The van der Waals surface area contributed by atoms with E-state index >= 15 is 0 Å². The number of esters is 2. The van der Waals surface area contributed by atoms with Gasteiger partial charge in [-0.15, -0.1) is 0 Å². The van der Waals surface area contributed by atoms with Gasteiger partial charge < -0.3 is 23.9 Å². The zero-order valence-electron chi connectivity index (χ0n) is 27.4. The molecule has 0 saturated heterocycles. The molecule has 2 atom stereocenters. The van der Waals surface area contributed by atoms with Crippen molar-refractivity contribution < 1.29 is 23.9 Å². The van der Waals surface area contributed by atoms with Crippen LogP contribution in [0.15, 0.2) is 85.1 Å². The summed E-state index contributed by atoms with van der Waals surface area (Å²) in [6, 6.07) is 25.7. The molecular weight excluding hydrogens is 590 g/mol. The van der Waals surface area contributed by atoms with Crippen molar-refractivity contribution in [1.82, 2.24) is 14.5 Å². The van der Waals surface area contributed by atoms with Crippen molar-refractivity contribution >= 4 is 51.0 Å². The molecular formula is C39H39N3O5. The smallest absolute Gasteiger partial charge is 0.407 e. The van der Waals surface area contributed by atoms with Gasteiger partial charge in [-0.1, -0.05) is 68.4 Å². The van der Waals surface area contributed by atoms with Crippen LogP contribution in [0, 0.1) is 11.8 Å². The van der Waals surface area contributed by atoms with E-state index in [2.05, 4.69) is 29.8 Å². The Morgan fingerprint density at radius 3 is 2.21 bits per heavy atom. The number of carbonyl (C=O) groups excluding carboxylic acids is 3. The summed E-state index contributed by atoms with van der Waals surface area (Å²) in [5, 5.41) is 4.91. The lowest BCUT2D eigenvalue weighted by atomic mass is 9.81. The minimum Gasteiger partial charge on any atom is -0.444 e. The highest BCUT2D eigenvalue weighted by Gasteiger charge is 2.41. The van der Waals surface area contributed by atoms with Crippen molar-refractivity contribution in [2.75, 3.05) is 0 Å². The first-order valence-corrected chi connectivity index (χ1v) is 16.3. The average molecular weight is 630 g/mol. The van der Waals surface area contributed by atoms with E-state index < -0.39 is 23.6 Å². The van der Waals surface area contributed by atoms with Gasteiger partial charge in [-0.3, -0.25) is 0 Å². The fourth-order valence-electron chi connectivity index (χ4n) is 7.37. The number of fused-ring (bicyclic) bond motifs is 4. The molecule has 0 spiro atoms. The second kappa shape index (κ2) is 11.6. The Morgan fingerprint density at radius 2 is 1.51 bits per heavy atom. The third-order valence-electron chi connectivity index (χ3n) is 9.28. The Hall–Kier alpha value is -5.11. The molecule has 47 heavy (non-hydrogen) atoms. The molecule has 2 aliphatic heterocycles. The molecule has 2 aliphatic rings. The van der Waals surface area contributed by atoms with Gasteiger partial charge in [0.2, 0.25) is 0 Å². The van der Waals surface area contributed by atoms with Gasteiger partial charge in [-0.25, -0.2) is 14.4 Å². The molecule has 0 fully saturated rings. The van der Waals surface area contributed by atoms with E-state index in [-0.39, 0.29) is 29.0 Å². The number of ether oxygens (including phenoxy) is 2. The van der Waals surface area contributed by atoms with Crippen molar-refractivity contribution in [3.63, 3.8) is 0 Å². The molecule has 4 heterocycles. The van der Waals surface area contributed by atoms with Crippen LogP contribution in [0.25, 0.3) is 38.6 Å². The van der Waals surface area contributed by atoms with E-state index in [1.54, 1.807) is 0 Å². The molecule has 7 rings (SSSR count). The molecule has 3 aromatic carbocycles. The van der Waals surface area contributed by atoms with Crippen LogP contribution in [-0.2, 0) is 32.0 Å². The van der Waals surface area contributed by atoms with Crippen LogP contribution in [0.4, 0.5) is 4.79 Å². The summed E-state index contributed by atoms with van der Waals surface area (Å²) in [7, 11) is 0. The van der Waals surface area contributed by atoms with E-state index in [1.165, 1.54) is 0 Å². The fourth-order valence-corrected chi connectivity index (χ4v) is 7.37. The monoisotopic (exact) mass is 629 g/mol. The Balaban J connectivity index is 1.40. The van der Waals surface area contributed by atoms with Crippen LogP contribution < -0.4 is 5.32 Å². The SMILES string of the molecule is CC(C)[C@H](NC(=O)OC(C)(C)C)[C@H]1CCn2c(c(C3=C(c4cn(-c5ccccc5)c5ccccc45)C(=O)OC3=O)c3ccccc32)C1. The van der Waals surface area contributed by atoms with E-state index in [1.807, 2.05) is 104 Å². The summed E-state index contributed by atoms with van der Waals surface area (Å²) in [4.78, 5) is 40.4. The first kappa shape index (κ1) is 30.5. The van der Waals surface area contributed by atoms with Crippen LogP contribution in [0.2, 0.25) is 0 Å². The first-order valence-electron chi connectivity index (χ1n) is 16.3. The highest BCUT2D eigenvalue weighted by atomic mass is 16.6. The molecule has 8 nitrogen and oxygen atoms in total. The molecule has 240 valence electrons. The quantitative estimate of drug-likeness (QED) is 0.154. The zero-order chi connectivity index (χ0) is 33.0. The molecule has 1 amide bonds. The second-order valence-electron chi connectivity index (χ2n) is 13.9. The van der Waals surface area contributed by atoms with E-state index in [9.17, 15) is 14.4 Å². The number of carbonyl (C=O) groups is 3. The van der Waals surface area contributed by atoms with Crippen LogP contribution in [0.1, 0.15) is 57.9 Å². The summed E-state index contributed by atoms with van der Waals surface area (Å²) < 4.78 is 15.4. The number of aromatic nitrogens is 2. The molecule has 0 aliphatic carbocycles. The van der Waals surface area contributed by atoms with Gasteiger partial charge in [0.1, 0.15) is 5.60 Å². The number of benzene rings is 3. The summed E-state index contributed by atoms with van der Waals surface area (Å²) in [5.74, 6) is -1.07. The maximum atomic E-state index is 13.8. The minimum atomic E-state index is -0.649. The predicted octanol–water partition coefficient (Wildman–Crippen LogP) is 7.69. The van der Waals surface area contributed by atoms with Crippen LogP contribution in [0.3, 0.4) is 0 Å². The van der Waals surface area contributed by atoms with Gasteiger partial charge in [0.25, 0.3) is 0 Å². The summed E-state index contributed by atoms with van der Waals surface area (Å²) in [6.45, 7) is 10.5. The lowest BCUT2D eigenvalue weighted by Gasteiger charge is -2.35. The second-order valence-corrected chi connectivity index (χ2v) is 13.9. The van der Waals surface area contributed by atoms with Crippen molar-refractivity contribution in [3.8, 4) is 5.69 Å². The van der Waals surface area contributed by atoms with Crippen LogP contribution >= 0.6 is 0 Å². The van der Waals surface area contributed by atoms with Crippen molar-refractivity contribution in [2.24, 2.45) is 11.8 Å². The van der Waals surface area contributed by atoms with Crippen LogP contribution in [0.5, 0.6) is 0 Å². The zero-order valence-corrected chi connectivity index (χ0v) is 27.4. The topological polar surface area (TPSA) is 91.6 Å². The highest BCUT2D eigenvalue weighted by Crippen LogP contribution is 2.45. The molecule has 0 unspecified atom stereocenters. The van der Waals surface area contributed by atoms with Gasteiger partial charge in [-0.2, -0.15) is 0 Å². The standard InChI is InChI=1S/C39H39N3O5/c1-23(2)35(40-38(45)47-39(3,4)5)24-19-20-41-30-18-12-10-16-27(30)32(31(41)21-24)34-33(36(43)46-37(34)44)28-22-42(25-13-7-6-8-14-25)29-17-11-9-15-26(28)29/h6-18,22-24,35H,19-21H2,1-5H3,(H,40,45)/t24-,35-/m0/s1. The lowest BCUT2D eigenvalue weighted by molar-refractivity contribution is -0.149. The number of para-hydroxylation sites is 3. The largest absolute Gasteiger partial charge is 0.444 e. The van der Waals surface area contributed by atoms with Crippen molar-refractivity contribution in [2.45, 2.75) is 65.6 Å². The number of hydrogen-bond donors (Lipinski definition) is 1. The van der Waals surface area contributed by atoms with Gasteiger partial charge >= 0.3 is 18.0 Å². The van der Waals surface area contributed by atoms with E-state index in [0.29, 0.717) is 18.5 Å². The third-order valence-corrected chi connectivity index (χ3v) is 9.28. The minimum absolute atomic E-state index is 0.0789. The number of aryl methyl sites for hydroxylation is 1. The number of amides is 1. The Kier molecular flexibility index (Phi) is 7.54. The molecule has 2 aromatic heterocycles. The average Bonchev–Trinajstić information content (AvgIpc) is 3.67. The van der Waals surface area contributed by atoms with Gasteiger partial charge in [0.05, 0.1) is 16.7 Å². The lowest BCUT2D eigenvalue weighted by Crippen LogP contribution is -2.47. The van der Waals surface area contributed by atoms with Gasteiger partial charge in [-0.05, 0) is 69.7 Å². The number of cyclic esters (lactones) is 2. The highest BCUT2D eigenvalue weighted by molar-refractivity contribution is 6.47. The number of alkyl carbamates (subject to hydrolysis) is 1. The fraction of sp³-hybridized carbons (Fsp3) is 0.308. The Labute approximate surface area is 274 Å². The third kappa shape index (κ3) is 5.41. The maximum absolute atomic E-state index is 13.8. The normalized spacial score (nSPS) is 17.4. The van der Waals surface area contributed by atoms with Crippen molar-refractivity contribution in [3.05, 3.63) is 102 Å². The molecule has 0 radical (unpaired) electrons. The number of rotatable bonds is 6. The van der Waals surface area contributed by atoms with E-state index in [0.717, 1.165) is 45.2 Å². The van der Waals surface area contributed by atoms with E-state index in [4.69, 9.17) is 9.47 Å². The van der Waals surface area contributed by atoms with Gasteiger partial charge in [0, 0.05) is 57.6 Å². The number of hydrogen-bond acceptors (Lipinski definition) is 5. The first-order chi connectivity index (χ1) is 22.5. The summed E-state index contributed by atoms with van der Waals surface area (Å²) in [6.07, 6.45) is 2.94. The maximum Gasteiger partial charge on any atom is 0.407 e. The predicted molar refractivity (Wildman–Crippen MR) is 183 cm³/mol. The number of nitrogens with one attached hydrogen (secondary N) is 1. The molecule has 5 aromatic rings. The Bertz CT molecular complexity index is 2080. The number of nitrogens with zero attached hydrogens (tertiary/aromatic N) is 2. The molecule has 0 bridgehead atoms. The van der Waals surface area contributed by atoms with Crippen molar-refractivity contribution in [1.29, 1.82) is 0 Å². The molecule has 1 N–H and O–H groups in total. The Morgan fingerprint density at radius 1 is 0.872 bits per heavy atom.